The largest absolute Gasteiger partial charge is 0.466 e. The Balaban J connectivity index is 2.78. The number of rotatable bonds is 9. The van der Waals surface area contributed by atoms with E-state index in [0.717, 1.165) is 17.9 Å². The first-order valence-corrected chi connectivity index (χ1v) is 8.96. The Hall–Kier alpha value is -1.54. The van der Waals surface area contributed by atoms with Gasteiger partial charge < -0.3 is 15.0 Å². The normalized spacial score (nSPS) is 11.3. The summed E-state index contributed by atoms with van der Waals surface area (Å²) in [6.07, 6.45) is 4.23. The number of unbranched alkanes of at least 4 members (excludes halogenated alkanes) is 1. The Kier molecular flexibility index (Phi) is 8.71. The molecule has 0 bridgehead atoms. The van der Waals surface area contributed by atoms with E-state index in [4.69, 9.17) is 17.0 Å². The third-order valence-corrected chi connectivity index (χ3v) is 4.06. The van der Waals surface area contributed by atoms with Crippen LogP contribution in [0.5, 0.6) is 0 Å². The van der Waals surface area contributed by atoms with Gasteiger partial charge in [-0.1, -0.05) is 19.4 Å². The van der Waals surface area contributed by atoms with Gasteiger partial charge in [0.15, 0.2) is 4.77 Å². The summed E-state index contributed by atoms with van der Waals surface area (Å²) < 4.78 is 5.21. The molecule has 0 fully saturated rings. The smallest absolute Gasteiger partial charge is 0.306 e. The van der Waals surface area contributed by atoms with Gasteiger partial charge in [0.05, 0.1) is 18.1 Å². The van der Waals surface area contributed by atoms with Gasteiger partial charge in [-0.25, -0.2) is 0 Å². The van der Waals surface area contributed by atoms with Crippen molar-refractivity contribution in [2.45, 2.75) is 40.0 Å². The zero-order chi connectivity index (χ0) is 17.2. The van der Waals surface area contributed by atoms with Gasteiger partial charge in [0.25, 0.3) is 5.56 Å². The van der Waals surface area contributed by atoms with Crippen LogP contribution < -0.4 is 10.9 Å². The topological polar surface area (TPSA) is 87.0 Å². The highest BCUT2D eigenvalue weighted by Gasteiger charge is 2.09. The number of aromatic nitrogens is 2. The molecule has 0 radical (unpaired) electrons. The molecule has 0 aromatic carbocycles. The molecule has 0 aliphatic carbocycles. The molecule has 0 saturated carbocycles. The summed E-state index contributed by atoms with van der Waals surface area (Å²) in [6, 6.07) is 0. The average Bonchev–Trinajstić information content (AvgIpc) is 2.47. The van der Waals surface area contributed by atoms with Gasteiger partial charge in [0, 0.05) is 11.4 Å². The van der Waals surface area contributed by atoms with E-state index in [9.17, 15) is 9.59 Å². The summed E-state index contributed by atoms with van der Waals surface area (Å²) in [7, 11) is 0. The number of carbonyl (C=O) groups is 1. The molecule has 0 aliphatic heterocycles. The molecule has 128 valence electrons. The van der Waals surface area contributed by atoms with Gasteiger partial charge in [0.1, 0.15) is 5.69 Å². The number of aryl methyl sites for hydroxylation is 1. The lowest BCUT2D eigenvalue weighted by Crippen LogP contribution is -2.16. The molecular formula is C15H23N3O3S2. The van der Waals surface area contributed by atoms with Crippen molar-refractivity contribution in [2.24, 2.45) is 0 Å². The van der Waals surface area contributed by atoms with Crippen LogP contribution in [0.2, 0.25) is 0 Å². The molecule has 3 N–H and O–H groups in total. The molecule has 0 spiro atoms. The summed E-state index contributed by atoms with van der Waals surface area (Å²) in [5.74, 6) is 0.369. The Morgan fingerprint density at radius 3 is 2.74 bits per heavy atom. The van der Waals surface area contributed by atoms with Gasteiger partial charge in [-0.15, -0.1) is 11.8 Å². The van der Waals surface area contributed by atoms with E-state index >= 15 is 0 Å². The molecule has 0 atom stereocenters. The molecule has 0 unspecified atom stereocenters. The van der Waals surface area contributed by atoms with Crippen molar-refractivity contribution >= 4 is 35.6 Å². The van der Waals surface area contributed by atoms with E-state index < -0.39 is 0 Å². The number of thioether (sulfide) groups is 1. The molecule has 23 heavy (non-hydrogen) atoms. The van der Waals surface area contributed by atoms with Crippen LogP contribution in [-0.4, -0.2) is 28.3 Å². The Bertz CT molecular complexity index is 665. The maximum Gasteiger partial charge on any atom is 0.306 e. The van der Waals surface area contributed by atoms with Crippen molar-refractivity contribution in [3.8, 4) is 0 Å². The van der Waals surface area contributed by atoms with Crippen molar-refractivity contribution in [1.82, 2.24) is 9.97 Å². The minimum atomic E-state index is -0.264. The summed E-state index contributed by atoms with van der Waals surface area (Å²) in [6.45, 7) is 6.04. The van der Waals surface area contributed by atoms with Crippen LogP contribution in [0.1, 0.15) is 38.8 Å². The number of carbonyl (C=O) groups excluding carboxylic acids is 1. The average molecular weight is 358 g/mol. The zero-order valence-corrected chi connectivity index (χ0v) is 15.3. The van der Waals surface area contributed by atoms with Crippen molar-refractivity contribution in [3.05, 3.63) is 31.9 Å². The lowest BCUT2D eigenvalue weighted by atomic mass is 10.3. The second-order valence-corrected chi connectivity index (χ2v) is 6.34. The fourth-order valence-electron chi connectivity index (χ4n) is 1.77. The molecule has 0 amide bonds. The summed E-state index contributed by atoms with van der Waals surface area (Å²) in [5.41, 5.74) is 0.844. The molecule has 0 saturated heterocycles. The fraction of sp³-hybridized carbons (Fsp3) is 0.533. The predicted molar refractivity (Wildman–Crippen MR) is 97.3 cm³/mol. The van der Waals surface area contributed by atoms with E-state index in [2.05, 4.69) is 22.2 Å². The van der Waals surface area contributed by atoms with Crippen molar-refractivity contribution in [3.63, 3.8) is 0 Å². The van der Waals surface area contributed by atoms with Crippen molar-refractivity contribution in [1.29, 1.82) is 0 Å². The summed E-state index contributed by atoms with van der Waals surface area (Å²) >= 11 is 6.43. The number of anilines is 1. The quantitative estimate of drug-likeness (QED) is 0.463. The van der Waals surface area contributed by atoms with Crippen molar-refractivity contribution in [2.75, 3.05) is 17.7 Å². The highest BCUT2D eigenvalue weighted by atomic mass is 32.2. The lowest BCUT2D eigenvalue weighted by Gasteiger charge is -2.12. The van der Waals surface area contributed by atoms with Crippen molar-refractivity contribution < 1.29 is 9.53 Å². The maximum absolute atomic E-state index is 12.0. The number of hydrogen-bond donors (Lipinski definition) is 3. The second kappa shape index (κ2) is 10.3. The third kappa shape index (κ3) is 7.04. The molecule has 0 aliphatic rings. The van der Waals surface area contributed by atoms with Gasteiger partial charge in [0.2, 0.25) is 0 Å². The van der Waals surface area contributed by atoms with Gasteiger partial charge in [-0.3, -0.25) is 14.6 Å². The van der Waals surface area contributed by atoms with E-state index in [1.807, 2.05) is 6.08 Å². The number of H-pyrrole nitrogens is 2. The molecule has 1 rings (SSSR count). The van der Waals surface area contributed by atoms with Gasteiger partial charge >= 0.3 is 5.97 Å². The van der Waals surface area contributed by atoms with Gasteiger partial charge in [-0.05, 0) is 32.5 Å². The third-order valence-electron chi connectivity index (χ3n) is 2.87. The summed E-state index contributed by atoms with van der Waals surface area (Å²) in [5, 5.41) is 3.98. The maximum atomic E-state index is 12.0. The first-order chi connectivity index (χ1) is 11.0. The minimum absolute atomic E-state index is 0.215. The van der Waals surface area contributed by atoms with Crippen LogP contribution >= 0.6 is 24.0 Å². The SMILES string of the molecule is CCC/C=C(/Nc1c(C)[nH]c(=S)[nH]c1=O)SCCC(=O)OCC. The summed E-state index contributed by atoms with van der Waals surface area (Å²) in [4.78, 5) is 28.9. The molecule has 1 aromatic heterocycles. The number of esters is 1. The van der Waals surface area contributed by atoms with Crippen LogP contribution in [0.15, 0.2) is 15.9 Å². The first kappa shape index (κ1) is 19.5. The molecule has 1 aromatic rings. The highest BCUT2D eigenvalue weighted by molar-refractivity contribution is 8.03. The first-order valence-electron chi connectivity index (χ1n) is 7.56. The van der Waals surface area contributed by atoms with Gasteiger partial charge in [-0.2, -0.15) is 0 Å². The monoisotopic (exact) mass is 357 g/mol. The fourth-order valence-corrected chi connectivity index (χ4v) is 2.92. The van der Waals surface area contributed by atoms with Crippen LogP contribution in [0.3, 0.4) is 0 Å². The lowest BCUT2D eigenvalue weighted by molar-refractivity contribution is -0.142. The molecule has 1 heterocycles. The Morgan fingerprint density at radius 2 is 2.13 bits per heavy atom. The Labute approximate surface area is 145 Å². The van der Waals surface area contributed by atoms with E-state index in [0.29, 0.717) is 34.9 Å². The molecular weight excluding hydrogens is 334 g/mol. The number of nitrogens with one attached hydrogen (secondary N) is 3. The van der Waals surface area contributed by atoms with Crippen LogP contribution in [-0.2, 0) is 9.53 Å². The van der Waals surface area contributed by atoms with Crippen LogP contribution in [0.25, 0.3) is 0 Å². The number of aromatic amines is 2. The number of ether oxygens (including phenoxy) is 1. The Morgan fingerprint density at radius 1 is 1.39 bits per heavy atom. The van der Waals surface area contributed by atoms with E-state index in [1.165, 1.54) is 11.8 Å². The van der Waals surface area contributed by atoms with E-state index in [-0.39, 0.29) is 11.5 Å². The molecule has 8 heteroatoms. The van der Waals surface area contributed by atoms with Crippen LogP contribution in [0.4, 0.5) is 5.69 Å². The number of hydrogen-bond acceptors (Lipinski definition) is 6. The standard InChI is InChI=1S/C15H23N3O3S2/c1-4-6-7-11(23-9-8-12(19)21-5-2)17-13-10(3)16-15(22)18-14(13)20/h7,17H,4-6,8-9H2,1-3H3,(H2,16,18,20,22)/b11-7-. The van der Waals surface area contributed by atoms with Crippen LogP contribution in [0, 0.1) is 11.7 Å². The zero-order valence-electron chi connectivity index (χ0n) is 13.7. The minimum Gasteiger partial charge on any atom is -0.466 e. The molecule has 6 nitrogen and oxygen atoms in total. The number of allylic oxidation sites excluding steroid dienone is 1. The highest BCUT2D eigenvalue weighted by Crippen LogP contribution is 2.20. The second-order valence-electron chi connectivity index (χ2n) is 4.79. The predicted octanol–water partition coefficient (Wildman–Crippen LogP) is 3.48. The van der Waals surface area contributed by atoms with E-state index in [1.54, 1.807) is 13.8 Å².